The first-order chi connectivity index (χ1) is 9.40. The Kier molecular flexibility index (Phi) is 6.82. The normalized spacial score (nSPS) is 12.8. The number of alkyl carbamates (subject to hydrolysis) is 1. The monoisotopic (exact) mass is 299 g/mol. The van der Waals surface area contributed by atoms with Gasteiger partial charge in [0.1, 0.15) is 5.60 Å². The van der Waals surface area contributed by atoms with Crippen molar-refractivity contribution in [1.82, 2.24) is 5.32 Å². The molecule has 1 N–H and O–H groups in total. The number of hydrogen-bond donors (Lipinski definition) is 1. The third-order valence-electron chi connectivity index (χ3n) is 2.34. The van der Waals surface area contributed by atoms with Crippen LogP contribution in [-0.4, -0.2) is 30.2 Å². The van der Waals surface area contributed by atoms with Crippen LogP contribution in [0, 0.1) is 0 Å². The average molecular weight is 300 g/mol. The van der Waals surface area contributed by atoms with Gasteiger partial charge >= 0.3 is 6.09 Å². The molecule has 0 aliphatic rings. The third kappa shape index (κ3) is 7.36. The molecule has 1 amide bonds. The number of carbonyl (C=O) groups is 1. The van der Waals surface area contributed by atoms with Crippen molar-refractivity contribution in [2.24, 2.45) is 0 Å². The Morgan fingerprint density at radius 3 is 2.50 bits per heavy atom. The van der Waals surface area contributed by atoms with E-state index < -0.39 is 11.7 Å². The second-order valence-corrected chi connectivity index (χ2v) is 5.81. The van der Waals surface area contributed by atoms with Crippen molar-refractivity contribution in [3.8, 4) is 0 Å². The van der Waals surface area contributed by atoms with Gasteiger partial charge < -0.3 is 14.8 Å². The minimum absolute atomic E-state index is 0.268. The first-order valence-electron chi connectivity index (χ1n) is 6.58. The van der Waals surface area contributed by atoms with E-state index in [1.54, 1.807) is 0 Å². The highest BCUT2D eigenvalue weighted by molar-refractivity contribution is 6.18. The van der Waals surface area contributed by atoms with E-state index in [0.29, 0.717) is 13.2 Å². The van der Waals surface area contributed by atoms with Crippen molar-refractivity contribution in [2.75, 3.05) is 12.5 Å². The first kappa shape index (κ1) is 16.8. The van der Waals surface area contributed by atoms with Crippen LogP contribution in [0.5, 0.6) is 0 Å². The topological polar surface area (TPSA) is 47.6 Å². The van der Waals surface area contributed by atoms with Crippen LogP contribution in [0.25, 0.3) is 0 Å². The lowest BCUT2D eigenvalue weighted by Gasteiger charge is -2.22. The Hall–Kier alpha value is -1.26. The van der Waals surface area contributed by atoms with Crippen molar-refractivity contribution in [3.05, 3.63) is 35.9 Å². The minimum atomic E-state index is -0.522. The van der Waals surface area contributed by atoms with Crippen LogP contribution < -0.4 is 5.32 Å². The molecule has 5 heteroatoms. The standard InChI is InChI=1S/C15H22ClNO3/c1-15(2,3)20-14(18)17-13(9-16)11-19-10-12-7-5-4-6-8-12/h4-8,13H,9-11H2,1-3H3,(H,17,18)/t13-/m1/s1. The smallest absolute Gasteiger partial charge is 0.407 e. The van der Waals surface area contributed by atoms with Gasteiger partial charge in [-0.3, -0.25) is 0 Å². The number of amides is 1. The molecule has 1 aromatic carbocycles. The molecule has 0 aliphatic heterocycles. The van der Waals surface area contributed by atoms with Crippen LogP contribution in [0.3, 0.4) is 0 Å². The lowest BCUT2D eigenvalue weighted by molar-refractivity contribution is 0.0444. The molecule has 0 fully saturated rings. The molecule has 4 nitrogen and oxygen atoms in total. The van der Waals surface area contributed by atoms with E-state index in [0.717, 1.165) is 5.56 Å². The Morgan fingerprint density at radius 2 is 1.95 bits per heavy atom. The van der Waals surface area contributed by atoms with Gasteiger partial charge in [0.15, 0.2) is 0 Å². The zero-order valence-corrected chi connectivity index (χ0v) is 12.9. The summed E-state index contributed by atoms with van der Waals surface area (Å²) in [5, 5.41) is 2.69. The van der Waals surface area contributed by atoms with Gasteiger partial charge in [-0.1, -0.05) is 30.3 Å². The molecule has 112 valence electrons. The summed E-state index contributed by atoms with van der Waals surface area (Å²) in [6.07, 6.45) is -0.480. The molecule has 0 saturated carbocycles. The highest BCUT2D eigenvalue weighted by Crippen LogP contribution is 2.07. The molecule has 0 saturated heterocycles. The fraction of sp³-hybridized carbons (Fsp3) is 0.533. The van der Waals surface area contributed by atoms with Gasteiger partial charge in [-0.15, -0.1) is 11.6 Å². The van der Waals surface area contributed by atoms with Crippen LogP contribution in [0.4, 0.5) is 4.79 Å². The molecule has 1 atom stereocenters. The van der Waals surface area contributed by atoms with Crippen LogP contribution in [-0.2, 0) is 16.1 Å². The van der Waals surface area contributed by atoms with Gasteiger partial charge in [0, 0.05) is 5.88 Å². The number of halogens is 1. The fourth-order valence-electron chi connectivity index (χ4n) is 1.49. The van der Waals surface area contributed by atoms with E-state index in [1.165, 1.54) is 0 Å². The maximum atomic E-state index is 11.6. The van der Waals surface area contributed by atoms with Gasteiger partial charge in [0.25, 0.3) is 0 Å². The second-order valence-electron chi connectivity index (χ2n) is 5.50. The third-order valence-corrected chi connectivity index (χ3v) is 2.71. The van der Waals surface area contributed by atoms with Gasteiger partial charge in [-0.05, 0) is 26.3 Å². The molecule has 0 radical (unpaired) electrons. The highest BCUT2D eigenvalue weighted by atomic mass is 35.5. The predicted octanol–water partition coefficient (Wildman–Crippen LogP) is 3.34. The van der Waals surface area contributed by atoms with Crippen molar-refractivity contribution in [2.45, 2.75) is 39.0 Å². The van der Waals surface area contributed by atoms with Gasteiger partial charge in [0.2, 0.25) is 0 Å². The van der Waals surface area contributed by atoms with Crippen LogP contribution >= 0.6 is 11.6 Å². The van der Waals surface area contributed by atoms with E-state index in [2.05, 4.69) is 5.32 Å². The second kappa shape index (κ2) is 8.12. The molecule has 0 heterocycles. The molecule has 20 heavy (non-hydrogen) atoms. The van der Waals surface area contributed by atoms with Gasteiger partial charge in [0.05, 0.1) is 19.3 Å². The molecule has 0 aliphatic carbocycles. The lowest BCUT2D eigenvalue weighted by Crippen LogP contribution is -2.42. The quantitative estimate of drug-likeness (QED) is 0.820. The van der Waals surface area contributed by atoms with E-state index in [4.69, 9.17) is 21.1 Å². The summed E-state index contributed by atoms with van der Waals surface area (Å²) in [6, 6.07) is 9.56. The summed E-state index contributed by atoms with van der Waals surface area (Å²) in [6.45, 7) is 6.28. The number of ether oxygens (including phenoxy) is 2. The van der Waals surface area contributed by atoms with E-state index in [9.17, 15) is 4.79 Å². The van der Waals surface area contributed by atoms with Crippen molar-refractivity contribution < 1.29 is 14.3 Å². The van der Waals surface area contributed by atoms with Gasteiger partial charge in [-0.25, -0.2) is 4.79 Å². The van der Waals surface area contributed by atoms with Crippen LogP contribution in [0.2, 0.25) is 0 Å². The Labute approximate surface area is 125 Å². The van der Waals surface area contributed by atoms with Gasteiger partial charge in [-0.2, -0.15) is 0 Å². The number of rotatable bonds is 6. The summed E-state index contributed by atoms with van der Waals surface area (Å²) in [5.74, 6) is 0.272. The Bertz CT molecular complexity index is 403. The minimum Gasteiger partial charge on any atom is -0.444 e. The maximum absolute atomic E-state index is 11.6. The van der Waals surface area contributed by atoms with Crippen molar-refractivity contribution in [1.29, 1.82) is 0 Å². The first-order valence-corrected chi connectivity index (χ1v) is 7.11. The number of hydrogen-bond acceptors (Lipinski definition) is 3. The fourth-order valence-corrected chi connectivity index (χ4v) is 1.66. The highest BCUT2D eigenvalue weighted by Gasteiger charge is 2.19. The summed E-state index contributed by atoms with van der Waals surface area (Å²) in [5.41, 5.74) is 0.560. The number of nitrogens with one attached hydrogen (secondary N) is 1. The summed E-state index contributed by atoms with van der Waals surface area (Å²) < 4.78 is 10.7. The lowest BCUT2D eigenvalue weighted by atomic mass is 10.2. The van der Waals surface area contributed by atoms with Crippen LogP contribution in [0.15, 0.2) is 30.3 Å². The zero-order chi connectivity index (χ0) is 15.0. The maximum Gasteiger partial charge on any atom is 0.407 e. The Balaban J connectivity index is 2.31. The molecule has 0 unspecified atom stereocenters. The molecular weight excluding hydrogens is 278 g/mol. The molecule has 0 spiro atoms. The number of benzene rings is 1. The van der Waals surface area contributed by atoms with Crippen molar-refractivity contribution in [3.63, 3.8) is 0 Å². The molecule has 1 rings (SSSR count). The molecule has 1 aromatic rings. The van der Waals surface area contributed by atoms with Crippen molar-refractivity contribution >= 4 is 17.7 Å². The van der Waals surface area contributed by atoms with E-state index in [-0.39, 0.29) is 11.9 Å². The average Bonchev–Trinajstić information content (AvgIpc) is 2.36. The number of carbonyl (C=O) groups excluding carboxylic acids is 1. The summed E-state index contributed by atoms with van der Waals surface area (Å²) in [7, 11) is 0. The van der Waals surface area contributed by atoms with E-state index in [1.807, 2.05) is 51.1 Å². The zero-order valence-electron chi connectivity index (χ0n) is 12.2. The number of alkyl halides is 1. The van der Waals surface area contributed by atoms with E-state index >= 15 is 0 Å². The molecule has 0 aromatic heterocycles. The summed E-state index contributed by atoms with van der Waals surface area (Å²) >= 11 is 5.81. The predicted molar refractivity (Wildman–Crippen MR) is 80.0 cm³/mol. The largest absolute Gasteiger partial charge is 0.444 e. The molecule has 0 bridgehead atoms. The summed E-state index contributed by atoms with van der Waals surface area (Å²) in [4.78, 5) is 11.6. The SMILES string of the molecule is CC(C)(C)OC(=O)N[C@H](CCl)COCc1ccccc1. The molecular formula is C15H22ClNO3. The Morgan fingerprint density at radius 1 is 1.30 bits per heavy atom. The van der Waals surface area contributed by atoms with Crippen LogP contribution in [0.1, 0.15) is 26.3 Å².